The lowest BCUT2D eigenvalue weighted by Gasteiger charge is -2.39. The molecule has 0 unspecified atom stereocenters. The zero-order chi connectivity index (χ0) is 12.5. The Hall–Kier alpha value is -1.55. The fourth-order valence-electron chi connectivity index (χ4n) is 2.15. The summed E-state index contributed by atoms with van der Waals surface area (Å²) in [5, 5.41) is 3.07. The molecule has 1 saturated carbocycles. The lowest BCUT2D eigenvalue weighted by Crippen LogP contribution is -2.51. The van der Waals surface area contributed by atoms with E-state index in [2.05, 4.69) is 17.7 Å². The number of rotatable bonds is 3. The van der Waals surface area contributed by atoms with Gasteiger partial charge in [-0.05, 0) is 50.8 Å². The normalized spacial score (nSPS) is 17.1. The van der Waals surface area contributed by atoms with E-state index >= 15 is 0 Å². The lowest BCUT2D eigenvalue weighted by atomic mass is 9.78. The Bertz CT molecular complexity index is 438. The summed E-state index contributed by atoms with van der Waals surface area (Å²) in [6.45, 7) is 4.05. The third-order valence-corrected chi connectivity index (χ3v) is 3.45. The number of anilines is 1. The number of hydrogen-bond donors (Lipinski definition) is 3. The van der Waals surface area contributed by atoms with Crippen LogP contribution in [0.1, 0.15) is 42.1 Å². The van der Waals surface area contributed by atoms with Gasteiger partial charge in [-0.25, -0.2) is 0 Å². The lowest BCUT2D eigenvalue weighted by molar-refractivity contribution is 0.0851. The van der Waals surface area contributed by atoms with Crippen molar-refractivity contribution in [1.82, 2.24) is 5.32 Å². The minimum Gasteiger partial charge on any atom is -0.347 e. The van der Waals surface area contributed by atoms with E-state index in [1.807, 2.05) is 25.1 Å². The van der Waals surface area contributed by atoms with E-state index in [1.165, 1.54) is 6.42 Å². The van der Waals surface area contributed by atoms with E-state index in [-0.39, 0.29) is 11.4 Å². The van der Waals surface area contributed by atoms with Crippen molar-refractivity contribution in [2.45, 2.75) is 38.6 Å². The Morgan fingerprint density at radius 2 is 2.12 bits per heavy atom. The summed E-state index contributed by atoms with van der Waals surface area (Å²) >= 11 is 0. The van der Waals surface area contributed by atoms with E-state index in [0.29, 0.717) is 11.3 Å². The van der Waals surface area contributed by atoms with Gasteiger partial charge in [0.05, 0.1) is 11.3 Å². The monoisotopic (exact) mass is 233 g/mol. The maximum absolute atomic E-state index is 12.1. The average molecular weight is 233 g/mol. The minimum absolute atomic E-state index is 0.0339. The predicted molar refractivity (Wildman–Crippen MR) is 68.7 cm³/mol. The number of benzene rings is 1. The molecule has 4 heteroatoms. The van der Waals surface area contributed by atoms with E-state index in [9.17, 15) is 4.79 Å². The van der Waals surface area contributed by atoms with Gasteiger partial charge in [-0.2, -0.15) is 0 Å². The number of aryl methyl sites for hydroxylation is 1. The smallest absolute Gasteiger partial charge is 0.253 e. The highest BCUT2D eigenvalue weighted by Gasteiger charge is 2.33. The third kappa shape index (κ3) is 2.42. The van der Waals surface area contributed by atoms with Crippen molar-refractivity contribution in [3.05, 3.63) is 29.3 Å². The van der Waals surface area contributed by atoms with Crippen LogP contribution in [0.4, 0.5) is 5.69 Å². The highest BCUT2D eigenvalue weighted by Crippen LogP contribution is 2.31. The maximum atomic E-state index is 12.1. The van der Waals surface area contributed by atoms with E-state index in [1.54, 1.807) is 0 Å². The number of nitrogens with two attached hydrogens (primary N) is 1. The molecule has 0 radical (unpaired) electrons. The van der Waals surface area contributed by atoms with Crippen LogP contribution in [0.3, 0.4) is 0 Å². The maximum Gasteiger partial charge on any atom is 0.253 e. The average Bonchev–Trinajstić information content (AvgIpc) is 2.26. The van der Waals surface area contributed by atoms with Gasteiger partial charge in [-0.15, -0.1) is 0 Å². The third-order valence-electron chi connectivity index (χ3n) is 3.45. The Morgan fingerprint density at radius 3 is 2.65 bits per heavy atom. The molecule has 1 aromatic rings. The van der Waals surface area contributed by atoms with Gasteiger partial charge in [0.25, 0.3) is 5.91 Å². The van der Waals surface area contributed by atoms with Crippen LogP contribution in [0.25, 0.3) is 0 Å². The van der Waals surface area contributed by atoms with Crippen molar-refractivity contribution in [3.8, 4) is 0 Å². The summed E-state index contributed by atoms with van der Waals surface area (Å²) in [5.41, 5.74) is 4.89. The molecule has 0 bridgehead atoms. The van der Waals surface area contributed by atoms with Crippen LogP contribution in [-0.4, -0.2) is 11.4 Å². The molecule has 1 aliphatic rings. The second-order valence-electron chi connectivity index (χ2n) is 5.06. The molecule has 1 aliphatic carbocycles. The molecule has 1 amide bonds. The first-order valence-electron chi connectivity index (χ1n) is 5.94. The van der Waals surface area contributed by atoms with Crippen LogP contribution in [0.5, 0.6) is 0 Å². The first kappa shape index (κ1) is 11.9. The number of carbonyl (C=O) groups is 1. The summed E-state index contributed by atoms with van der Waals surface area (Å²) in [4.78, 5) is 12.1. The summed E-state index contributed by atoms with van der Waals surface area (Å²) < 4.78 is 0. The molecular formula is C13H19N3O. The van der Waals surface area contributed by atoms with Gasteiger partial charge in [0.2, 0.25) is 0 Å². The molecule has 4 nitrogen and oxygen atoms in total. The second-order valence-corrected chi connectivity index (χ2v) is 5.06. The summed E-state index contributed by atoms with van der Waals surface area (Å²) in [7, 11) is 0. The van der Waals surface area contributed by atoms with Crippen LogP contribution in [0, 0.1) is 6.92 Å². The molecule has 0 aromatic heterocycles. The molecule has 2 rings (SSSR count). The standard InChI is InChI=1S/C13H19N3O/c1-9-4-5-10(11(8-9)16-14)12(17)15-13(2)6-3-7-13/h4-5,8,16H,3,6-7,14H2,1-2H3,(H,15,17). The number of hydrogen-bond acceptors (Lipinski definition) is 3. The molecule has 92 valence electrons. The number of nitrogens with one attached hydrogen (secondary N) is 2. The first-order chi connectivity index (χ1) is 8.04. The SMILES string of the molecule is Cc1ccc(C(=O)NC2(C)CCC2)c(NN)c1. The molecule has 0 atom stereocenters. The van der Waals surface area contributed by atoms with Gasteiger partial charge >= 0.3 is 0 Å². The molecule has 17 heavy (non-hydrogen) atoms. The van der Waals surface area contributed by atoms with Crippen LogP contribution in [0.15, 0.2) is 18.2 Å². The van der Waals surface area contributed by atoms with E-state index in [0.717, 1.165) is 18.4 Å². The molecule has 1 aromatic carbocycles. The summed E-state index contributed by atoms with van der Waals surface area (Å²) in [6, 6.07) is 5.60. The van der Waals surface area contributed by atoms with Crippen molar-refractivity contribution >= 4 is 11.6 Å². The molecular weight excluding hydrogens is 214 g/mol. The van der Waals surface area contributed by atoms with Crippen molar-refractivity contribution in [2.24, 2.45) is 5.84 Å². The molecule has 0 heterocycles. The van der Waals surface area contributed by atoms with Gasteiger partial charge in [0.15, 0.2) is 0 Å². The number of amides is 1. The zero-order valence-electron chi connectivity index (χ0n) is 10.3. The van der Waals surface area contributed by atoms with E-state index in [4.69, 9.17) is 5.84 Å². The van der Waals surface area contributed by atoms with Gasteiger partial charge < -0.3 is 10.7 Å². The quantitative estimate of drug-likeness (QED) is 0.552. The minimum atomic E-state index is -0.0554. The zero-order valence-corrected chi connectivity index (χ0v) is 10.3. The highest BCUT2D eigenvalue weighted by atomic mass is 16.1. The Morgan fingerprint density at radius 1 is 1.41 bits per heavy atom. The van der Waals surface area contributed by atoms with Crippen LogP contribution in [0.2, 0.25) is 0 Å². The van der Waals surface area contributed by atoms with Crippen LogP contribution < -0.4 is 16.6 Å². The summed E-state index contributed by atoms with van der Waals surface area (Å²) in [6.07, 6.45) is 3.29. The Balaban J connectivity index is 2.18. The highest BCUT2D eigenvalue weighted by molar-refractivity contribution is 6.00. The number of carbonyl (C=O) groups excluding carboxylic acids is 1. The van der Waals surface area contributed by atoms with Gasteiger partial charge in [-0.3, -0.25) is 10.6 Å². The topological polar surface area (TPSA) is 67.2 Å². The second kappa shape index (κ2) is 4.37. The first-order valence-corrected chi connectivity index (χ1v) is 5.94. The summed E-state index contributed by atoms with van der Waals surface area (Å²) in [5.74, 6) is 5.38. The van der Waals surface area contributed by atoms with Crippen molar-refractivity contribution in [3.63, 3.8) is 0 Å². The Labute approximate surface area is 102 Å². The Kier molecular flexibility index (Phi) is 3.07. The van der Waals surface area contributed by atoms with Gasteiger partial charge in [-0.1, -0.05) is 6.07 Å². The predicted octanol–water partition coefficient (Wildman–Crippen LogP) is 1.95. The van der Waals surface area contributed by atoms with Crippen LogP contribution >= 0.6 is 0 Å². The van der Waals surface area contributed by atoms with Crippen molar-refractivity contribution < 1.29 is 4.79 Å². The van der Waals surface area contributed by atoms with Crippen LogP contribution in [-0.2, 0) is 0 Å². The van der Waals surface area contributed by atoms with Gasteiger partial charge in [0, 0.05) is 5.54 Å². The van der Waals surface area contributed by atoms with Crippen molar-refractivity contribution in [1.29, 1.82) is 0 Å². The fraction of sp³-hybridized carbons (Fsp3) is 0.462. The van der Waals surface area contributed by atoms with E-state index < -0.39 is 0 Å². The fourth-order valence-corrected chi connectivity index (χ4v) is 2.15. The molecule has 0 saturated heterocycles. The van der Waals surface area contributed by atoms with Crippen molar-refractivity contribution in [2.75, 3.05) is 5.43 Å². The molecule has 0 spiro atoms. The number of hydrazine groups is 1. The molecule has 0 aliphatic heterocycles. The van der Waals surface area contributed by atoms with Gasteiger partial charge in [0.1, 0.15) is 0 Å². The molecule has 4 N–H and O–H groups in total. The number of nitrogen functional groups attached to an aromatic ring is 1. The molecule has 1 fully saturated rings. The largest absolute Gasteiger partial charge is 0.347 e.